The Hall–Kier alpha value is -0.320. The number of hydrogen-bond donors (Lipinski definition) is 1. The first-order valence-electron chi connectivity index (χ1n) is 6.83. The first-order valence-corrected chi connectivity index (χ1v) is 7.62. The molecular weight excluding hydrogens is 294 g/mol. The Kier molecular flexibility index (Phi) is 3.52. The van der Waals surface area contributed by atoms with Crippen LogP contribution < -0.4 is 5.73 Å². The van der Waals surface area contributed by atoms with Crippen molar-refractivity contribution in [2.75, 3.05) is 6.61 Å². The highest BCUT2D eigenvalue weighted by molar-refractivity contribution is 9.10. The molecule has 1 saturated heterocycles. The maximum atomic E-state index is 6.42. The van der Waals surface area contributed by atoms with Crippen LogP contribution in [0.25, 0.3) is 0 Å². The van der Waals surface area contributed by atoms with Crippen LogP contribution in [0, 0.1) is 5.92 Å². The molecular formula is C14H20BrNO2. The van der Waals surface area contributed by atoms with E-state index in [-0.39, 0.29) is 11.6 Å². The second-order valence-electron chi connectivity index (χ2n) is 5.67. The van der Waals surface area contributed by atoms with Crippen LogP contribution in [0.15, 0.2) is 21.4 Å². The molecule has 0 bridgehead atoms. The van der Waals surface area contributed by atoms with Crippen molar-refractivity contribution in [2.24, 2.45) is 11.7 Å². The van der Waals surface area contributed by atoms with E-state index in [1.54, 1.807) is 6.26 Å². The molecule has 0 amide bonds. The van der Waals surface area contributed by atoms with Crippen LogP contribution in [0.3, 0.4) is 0 Å². The summed E-state index contributed by atoms with van der Waals surface area (Å²) in [7, 11) is 0. The summed E-state index contributed by atoms with van der Waals surface area (Å²) in [5, 5.41) is 0. The number of ether oxygens (including phenoxy) is 1. The van der Waals surface area contributed by atoms with E-state index >= 15 is 0 Å². The normalized spacial score (nSPS) is 28.7. The van der Waals surface area contributed by atoms with Crippen molar-refractivity contribution in [3.05, 3.63) is 22.6 Å². The van der Waals surface area contributed by atoms with Gasteiger partial charge in [0.15, 0.2) is 4.67 Å². The highest BCUT2D eigenvalue weighted by atomic mass is 79.9. The summed E-state index contributed by atoms with van der Waals surface area (Å²) < 4.78 is 12.1. The molecule has 1 spiro atoms. The van der Waals surface area contributed by atoms with Crippen molar-refractivity contribution in [3.63, 3.8) is 0 Å². The zero-order chi connectivity index (χ0) is 12.6. The molecule has 2 atom stereocenters. The van der Waals surface area contributed by atoms with E-state index < -0.39 is 0 Å². The van der Waals surface area contributed by atoms with Crippen LogP contribution >= 0.6 is 15.9 Å². The maximum Gasteiger partial charge on any atom is 0.173 e. The van der Waals surface area contributed by atoms with Gasteiger partial charge in [-0.05, 0) is 53.6 Å². The van der Waals surface area contributed by atoms with E-state index in [0.717, 1.165) is 29.7 Å². The van der Waals surface area contributed by atoms with Gasteiger partial charge in [-0.3, -0.25) is 0 Å². The van der Waals surface area contributed by atoms with Gasteiger partial charge in [0.25, 0.3) is 0 Å². The summed E-state index contributed by atoms with van der Waals surface area (Å²) >= 11 is 3.43. The van der Waals surface area contributed by atoms with Crippen molar-refractivity contribution in [2.45, 2.75) is 50.2 Å². The Balaban J connectivity index is 1.74. The quantitative estimate of drug-likeness (QED) is 0.903. The monoisotopic (exact) mass is 313 g/mol. The van der Waals surface area contributed by atoms with Gasteiger partial charge in [-0.25, -0.2) is 0 Å². The number of furan rings is 1. The topological polar surface area (TPSA) is 48.4 Å². The summed E-state index contributed by atoms with van der Waals surface area (Å²) in [6, 6.07) is 2.03. The van der Waals surface area contributed by atoms with E-state index in [0.29, 0.717) is 5.92 Å². The maximum absolute atomic E-state index is 6.42. The Labute approximate surface area is 116 Å². The lowest BCUT2D eigenvalue weighted by Gasteiger charge is -2.40. The average molecular weight is 314 g/mol. The first kappa shape index (κ1) is 12.7. The van der Waals surface area contributed by atoms with E-state index in [2.05, 4.69) is 15.9 Å². The molecule has 1 aromatic heterocycles. The molecule has 4 heteroatoms. The summed E-state index contributed by atoms with van der Waals surface area (Å²) in [6.07, 6.45) is 8.89. The molecule has 2 fully saturated rings. The lowest BCUT2D eigenvalue weighted by atomic mass is 9.79. The standard InChI is InChI=1S/C14H20BrNO2/c15-13-11(4-7-17-13)12(16)10-3-8-18-14(9-10)5-1-2-6-14/h4,7,10,12H,1-3,5-6,8-9,16H2. The van der Waals surface area contributed by atoms with E-state index in [1.807, 2.05) is 6.07 Å². The van der Waals surface area contributed by atoms with Gasteiger partial charge in [0.1, 0.15) is 0 Å². The molecule has 1 aliphatic carbocycles. The summed E-state index contributed by atoms with van der Waals surface area (Å²) in [5.74, 6) is 0.505. The van der Waals surface area contributed by atoms with Crippen molar-refractivity contribution in [1.29, 1.82) is 0 Å². The third-order valence-corrected chi connectivity index (χ3v) is 5.20. The molecule has 1 saturated carbocycles. The molecule has 3 rings (SSSR count). The average Bonchev–Trinajstić information content (AvgIpc) is 2.98. The summed E-state index contributed by atoms with van der Waals surface area (Å²) in [5.41, 5.74) is 7.65. The van der Waals surface area contributed by atoms with Gasteiger partial charge in [-0.15, -0.1) is 0 Å². The van der Waals surface area contributed by atoms with Crippen LogP contribution in [0.5, 0.6) is 0 Å². The van der Waals surface area contributed by atoms with Gasteiger partial charge in [-0.1, -0.05) is 12.8 Å². The van der Waals surface area contributed by atoms with Crippen LogP contribution in [-0.4, -0.2) is 12.2 Å². The van der Waals surface area contributed by atoms with Gasteiger partial charge >= 0.3 is 0 Å². The third-order valence-electron chi connectivity index (χ3n) is 4.56. The minimum Gasteiger partial charge on any atom is -0.457 e. The van der Waals surface area contributed by atoms with Crippen LogP contribution in [0.1, 0.15) is 50.1 Å². The minimum atomic E-state index is 0.0551. The second kappa shape index (κ2) is 4.99. The van der Waals surface area contributed by atoms with Crippen LogP contribution in [0.2, 0.25) is 0 Å². The Bertz CT molecular complexity index is 412. The SMILES string of the molecule is NC(c1ccoc1Br)C1CCOC2(CCCC2)C1. The number of rotatable bonds is 2. The molecule has 2 aliphatic rings. The predicted molar refractivity (Wildman–Crippen MR) is 73.2 cm³/mol. The van der Waals surface area contributed by atoms with E-state index in [9.17, 15) is 0 Å². The zero-order valence-electron chi connectivity index (χ0n) is 10.5. The van der Waals surface area contributed by atoms with Gasteiger partial charge in [0, 0.05) is 18.2 Å². The zero-order valence-corrected chi connectivity index (χ0v) is 12.1. The first-order chi connectivity index (χ1) is 8.70. The van der Waals surface area contributed by atoms with Gasteiger partial charge < -0.3 is 14.9 Å². The van der Waals surface area contributed by atoms with E-state index in [4.69, 9.17) is 14.9 Å². The van der Waals surface area contributed by atoms with Crippen molar-refractivity contribution in [1.82, 2.24) is 0 Å². The fraction of sp³-hybridized carbons (Fsp3) is 0.714. The fourth-order valence-corrected chi connectivity index (χ4v) is 4.04. The minimum absolute atomic E-state index is 0.0551. The molecule has 1 aliphatic heterocycles. The number of halogens is 1. The third kappa shape index (κ3) is 2.26. The highest BCUT2D eigenvalue weighted by Crippen LogP contribution is 2.45. The van der Waals surface area contributed by atoms with Crippen molar-refractivity contribution >= 4 is 15.9 Å². The molecule has 18 heavy (non-hydrogen) atoms. The van der Waals surface area contributed by atoms with Gasteiger partial charge in [0.05, 0.1) is 11.9 Å². The molecule has 2 N–H and O–H groups in total. The summed E-state index contributed by atoms with van der Waals surface area (Å²) in [6.45, 7) is 0.855. The molecule has 2 heterocycles. The smallest absolute Gasteiger partial charge is 0.173 e. The molecule has 0 radical (unpaired) electrons. The predicted octanol–water partition coefficient (Wildman–Crippen LogP) is 3.78. The van der Waals surface area contributed by atoms with E-state index in [1.165, 1.54) is 25.7 Å². The number of nitrogens with two attached hydrogens (primary N) is 1. The van der Waals surface area contributed by atoms with Gasteiger partial charge in [0.2, 0.25) is 0 Å². The molecule has 100 valence electrons. The lowest BCUT2D eigenvalue weighted by Crippen LogP contribution is -2.40. The summed E-state index contributed by atoms with van der Waals surface area (Å²) in [4.78, 5) is 0. The van der Waals surface area contributed by atoms with Crippen LogP contribution in [0.4, 0.5) is 0 Å². The Morgan fingerprint density at radius 3 is 2.83 bits per heavy atom. The molecule has 1 aromatic rings. The van der Waals surface area contributed by atoms with Gasteiger partial charge in [-0.2, -0.15) is 0 Å². The fourth-order valence-electron chi connectivity index (χ4n) is 3.54. The Morgan fingerprint density at radius 2 is 2.17 bits per heavy atom. The molecule has 2 unspecified atom stereocenters. The largest absolute Gasteiger partial charge is 0.457 e. The van der Waals surface area contributed by atoms with Crippen molar-refractivity contribution < 1.29 is 9.15 Å². The van der Waals surface area contributed by atoms with Crippen molar-refractivity contribution in [3.8, 4) is 0 Å². The lowest BCUT2D eigenvalue weighted by molar-refractivity contribution is -0.0964. The number of hydrogen-bond acceptors (Lipinski definition) is 3. The molecule has 3 nitrogen and oxygen atoms in total. The highest BCUT2D eigenvalue weighted by Gasteiger charge is 2.41. The van der Waals surface area contributed by atoms with Crippen LogP contribution in [-0.2, 0) is 4.74 Å². The molecule has 0 aromatic carbocycles. The Morgan fingerprint density at radius 1 is 1.39 bits per heavy atom. The second-order valence-corrected chi connectivity index (χ2v) is 6.39.